The Labute approximate surface area is 122 Å². The molecule has 0 spiro atoms. The molecule has 19 heavy (non-hydrogen) atoms. The molecule has 0 saturated carbocycles. The maximum atomic E-state index is 11.1. The predicted octanol–water partition coefficient (Wildman–Crippen LogP) is 2.54. The Hall–Kier alpha value is -1.33. The average Bonchev–Trinajstić information content (AvgIpc) is 2.29. The summed E-state index contributed by atoms with van der Waals surface area (Å²) in [6, 6.07) is 0. The lowest BCUT2D eigenvalue weighted by molar-refractivity contribution is -0.142. The summed E-state index contributed by atoms with van der Waals surface area (Å²) in [4.78, 5) is 26.0. The molecule has 5 nitrogen and oxygen atoms in total. The Morgan fingerprint density at radius 3 is 2.42 bits per heavy atom. The first kappa shape index (κ1) is 17.7. The SMILES string of the molecule is CC(=O)OCc1c(CCl)cnc(C)c1OC(C)=O.Cl. The molecule has 0 aliphatic rings. The number of carbonyl (C=O) groups is 2. The van der Waals surface area contributed by atoms with Crippen LogP contribution in [0.4, 0.5) is 0 Å². The van der Waals surface area contributed by atoms with E-state index >= 15 is 0 Å². The van der Waals surface area contributed by atoms with Gasteiger partial charge in [0.05, 0.1) is 5.69 Å². The number of pyridine rings is 1. The minimum atomic E-state index is -0.462. The van der Waals surface area contributed by atoms with Gasteiger partial charge in [0.15, 0.2) is 5.75 Å². The molecule has 1 heterocycles. The van der Waals surface area contributed by atoms with Crippen molar-refractivity contribution in [3.8, 4) is 5.75 Å². The van der Waals surface area contributed by atoms with E-state index in [-0.39, 0.29) is 24.9 Å². The Kier molecular flexibility index (Phi) is 7.41. The molecule has 0 radical (unpaired) electrons. The van der Waals surface area contributed by atoms with Crippen LogP contribution in [0, 0.1) is 6.92 Å². The fourth-order valence-corrected chi connectivity index (χ4v) is 1.63. The van der Waals surface area contributed by atoms with Gasteiger partial charge in [0.25, 0.3) is 0 Å². The van der Waals surface area contributed by atoms with Gasteiger partial charge in [-0.25, -0.2) is 0 Å². The molecule has 0 aliphatic carbocycles. The van der Waals surface area contributed by atoms with E-state index in [4.69, 9.17) is 21.1 Å². The number of esters is 2. The number of ether oxygens (including phenoxy) is 2. The number of halogens is 2. The Bertz CT molecular complexity index is 477. The number of rotatable bonds is 4. The van der Waals surface area contributed by atoms with Gasteiger partial charge < -0.3 is 9.47 Å². The number of aromatic nitrogens is 1. The van der Waals surface area contributed by atoms with E-state index in [9.17, 15) is 9.59 Å². The van der Waals surface area contributed by atoms with E-state index in [1.54, 1.807) is 13.1 Å². The molecule has 0 fully saturated rings. The second kappa shape index (κ2) is 7.96. The summed E-state index contributed by atoms with van der Waals surface area (Å²) in [5.41, 5.74) is 1.78. The molecule has 0 N–H and O–H groups in total. The highest BCUT2D eigenvalue weighted by Crippen LogP contribution is 2.27. The summed E-state index contributed by atoms with van der Waals surface area (Å²) in [6.45, 7) is 4.30. The van der Waals surface area contributed by atoms with E-state index in [1.807, 2.05) is 0 Å². The molecular weight excluding hydrogens is 293 g/mol. The summed E-state index contributed by atoms with van der Waals surface area (Å²) < 4.78 is 10.0. The van der Waals surface area contributed by atoms with E-state index < -0.39 is 11.9 Å². The van der Waals surface area contributed by atoms with Gasteiger partial charge in [0.1, 0.15) is 6.61 Å². The second-order valence-electron chi connectivity index (χ2n) is 3.68. The summed E-state index contributed by atoms with van der Waals surface area (Å²) in [5, 5.41) is 0. The van der Waals surface area contributed by atoms with Gasteiger partial charge in [-0.05, 0) is 12.5 Å². The van der Waals surface area contributed by atoms with Crippen molar-refractivity contribution >= 4 is 35.9 Å². The van der Waals surface area contributed by atoms with Crippen LogP contribution >= 0.6 is 24.0 Å². The lowest BCUT2D eigenvalue weighted by Crippen LogP contribution is -2.10. The van der Waals surface area contributed by atoms with Crippen molar-refractivity contribution < 1.29 is 19.1 Å². The molecule has 0 saturated heterocycles. The lowest BCUT2D eigenvalue weighted by Gasteiger charge is -2.14. The highest BCUT2D eigenvalue weighted by molar-refractivity contribution is 6.17. The molecule has 106 valence electrons. The van der Waals surface area contributed by atoms with Crippen LogP contribution in [0.2, 0.25) is 0 Å². The molecule has 0 amide bonds. The van der Waals surface area contributed by atoms with E-state index in [0.717, 1.165) is 0 Å². The largest absolute Gasteiger partial charge is 0.461 e. The number of hydrogen-bond donors (Lipinski definition) is 0. The van der Waals surface area contributed by atoms with Crippen molar-refractivity contribution in [3.05, 3.63) is 23.0 Å². The zero-order valence-corrected chi connectivity index (χ0v) is 12.4. The third kappa shape index (κ3) is 5.04. The first-order valence-electron chi connectivity index (χ1n) is 5.30. The molecule has 0 aliphatic heterocycles. The fraction of sp³-hybridized carbons (Fsp3) is 0.417. The van der Waals surface area contributed by atoms with Crippen molar-refractivity contribution in [1.29, 1.82) is 0 Å². The van der Waals surface area contributed by atoms with Crippen molar-refractivity contribution in [2.75, 3.05) is 0 Å². The van der Waals surface area contributed by atoms with Crippen LogP contribution in [-0.2, 0) is 26.8 Å². The van der Waals surface area contributed by atoms with Gasteiger partial charge in [-0.3, -0.25) is 14.6 Å². The third-order valence-electron chi connectivity index (χ3n) is 2.21. The van der Waals surface area contributed by atoms with E-state index in [0.29, 0.717) is 22.6 Å². The first-order chi connectivity index (χ1) is 8.45. The zero-order valence-electron chi connectivity index (χ0n) is 10.9. The van der Waals surface area contributed by atoms with Crippen LogP contribution in [0.3, 0.4) is 0 Å². The smallest absolute Gasteiger partial charge is 0.308 e. The number of aryl methyl sites for hydroxylation is 1. The molecular formula is C12H15Cl2NO4. The van der Waals surface area contributed by atoms with Gasteiger partial charge in [-0.1, -0.05) is 0 Å². The standard InChI is InChI=1S/C12H14ClNO4.ClH/c1-7-12(18-9(3)16)11(6-17-8(2)15)10(4-13)5-14-7;/h5H,4,6H2,1-3H3;1H. The quantitative estimate of drug-likeness (QED) is 0.632. The summed E-state index contributed by atoms with van der Waals surface area (Å²) in [5.74, 6) is -0.380. The number of nitrogens with zero attached hydrogens (tertiary/aromatic N) is 1. The van der Waals surface area contributed by atoms with Gasteiger partial charge in [-0.2, -0.15) is 0 Å². The Morgan fingerprint density at radius 2 is 1.95 bits per heavy atom. The van der Waals surface area contributed by atoms with Crippen molar-refractivity contribution in [1.82, 2.24) is 4.98 Å². The predicted molar refractivity (Wildman–Crippen MR) is 72.6 cm³/mol. The van der Waals surface area contributed by atoms with Gasteiger partial charge >= 0.3 is 11.9 Å². The number of carbonyl (C=O) groups excluding carboxylic acids is 2. The molecule has 1 aromatic heterocycles. The van der Waals surface area contributed by atoms with Gasteiger partial charge in [0, 0.05) is 31.5 Å². The monoisotopic (exact) mass is 307 g/mol. The molecule has 0 atom stereocenters. The van der Waals surface area contributed by atoms with Crippen molar-refractivity contribution in [2.45, 2.75) is 33.3 Å². The average molecular weight is 308 g/mol. The molecule has 0 unspecified atom stereocenters. The van der Waals surface area contributed by atoms with Crippen molar-refractivity contribution in [3.63, 3.8) is 0 Å². The van der Waals surface area contributed by atoms with Crippen LogP contribution in [0.1, 0.15) is 30.7 Å². The maximum absolute atomic E-state index is 11.1. The lowest BCUT2D eigenvalue weighted by atomic mass is 10.1. The highest BCUT2D eigenvalue weighted by atomic mass is 35.5. The van der Waals surface area contributed by atoms with Gasteiger partial charge in [0.2, 0.25) is 0 Å². The summed E-state index contributed by atoms with van der Waals surface area (Å²) in [7, 11) is 0. The van der Waals surface area contributed by atoms with Crippen LogP contribution in [0.25, 0.3) is 0 Å². The van der Waals surface area contributed by atoms with Crippen LogP contribution < -0.4 is 4.74 Å². The zero-order chi connectivity index (χ0) is 13.7. The molecule has 0 aromatic carbocycles. The van der Waals surface area contributed by atoms with Crippen LogP contribution in [-0.4, -0.2) is 16.9 Å². The fourth-order valence-electron chi connectivity index (χ4n) is 1.40. The van der Waals surface area contributed by atoms with Crippen LogP contribution in [0.5, 0.6) is 5.75 Å². The normalized spacial score (nSPS) is 9.47. The van der Waals surface area contributed by atoms with Gasteiger partial charge in [-0.15, -0.1) is 24.0 Å². The Balaban J connectivity index is 0.00000324. The summed E-state index contributed by atoms with van der Waals surface area (Å²) >= 11 is 5.79. The van der Waals surface area contributed by atoms with Crippen molar-refractivity contribution in [2.24, 2.45) is 0 Å². The minimum Gasteiger partial charge on any atom is -0.461 e. The highest BCUT2D eigenvalue weighted by Gasteiger charge is 2.16. The minimum absolute atomic E-state index is 0. The molecule has 7 heteroatoms. The Morgan fingerprint density at radius 1 is 1.32 bits per heavy atom. The van der Waals surface area contributed by atoms with Crippen LogP contribution in [0.15, 0.2) is 6.20 Å². The maximum Gasteiger partial charge on any atom is 0.308 e. The number of hydrogen-bond acceptors (Lipinski definition) is 5. The first-order valence-corrected chi connectivity index (χ1v) is 5.84. The molecule has 1 aromatic rings. The molecule has 0 bridgehead atoms. The summed E-state index contributed by atoms with van der Waals surface area (Å²) in [6.07, 6.45) is 1.58. The molecule has 1 rings (SSSR count). The third-order valence-corrected chi connectivity index (χ3v) is 2.50. The van der Waals surface area contributed by atoms with E-state index in [1.165, 1.54) is 13.8 Å². The second-order valence-corrected chi connectivity index (χ2v) is 3.95. The van der Waals surface area contributed by atoms with E-state index in [2.05, 4.69) is 4.98 Å². The topological polar surface area (TPSA) is 65.5 Å². The number of alkyl halides is 1.